The van der Waals surface area contributed by atoms with Crippen LogP contribution in [0.25, 0.3) is 0 Å². The molecule has 0 radical (unpaired) electrons. The van der Waals surface area contributed by atoms with Crippen LogP contribution in [-0.2, 0) is 14.8 Å². The van der Waals surface area contributed by atoms with Gasteiger partial charge in [0.1, 0.15) is 5.75 Å². The number of nitrogens with zero attached hydrogens (tertiary/aromatic N) is 1. The zero-order chi connectivity index (χ0) is 13.2. The Balaban J connectivity index is 2.87. The van der Waals surface area contributed by atoms with Gasteiger partial charge in [-0.1, -0.05) is 12.2 Å². The van der Waals surface area contributed by atoms with Gasteiger partial charge in [0.05, 0.1) is 10.9 Å². The predicted molar refractivity (Wildman–Crippen MR) is 68.7 cm³/mol. The van der Waals surface area contributed by atoms with E-state index in [1.54, 1.807) is 6.92 Å². The first kappa shape index (κ1) is 14.3. The van der Waals surface area contributed by atoms with Gasteiger partial charge in [0.2, 0.25) is 15.9 Å². The maximum Gasteiger partial charge on any atom is 0.221 e. The Morgan fingerprint density at radius 3 is 2.47 bits per heavy atom. The maximum atomic E-state index is 12.0. The number of piperidine rings is 1. The van der Waals surface area contributed by atoms with Crippen molar-refractivity contribution in [3.05, 3.63) is 0 Å². The van der Waals surface area contributed by atoms with Crippen molar-refractivity contribution in [2.24, 2.45) is 17.4 Å². The predicted octanol–water partition coefficient (Wildman–Crippen LogP) is -0.812. The lowest BCUT2D eigenvalue weighted by atomic mass is 9.95. The van der Waals surface area contributed by atoms with E-state index in [1.165, 1.54) is 4.31 Å². The van der Waals surface area contributed by atoms with Crippen molar-refractivity contribution in [2.45, 2.75) is 25.8 Å². The van der Waals surface area contributed by atoms with E-state index >= 15 is 0 Å². The van der Waals surface area contributed by atoms with Gasteiger partial charge >= 0.3 is 0 Å². The van der Waals surface area contributed by atoms with Gasteiger partial charge in [0, 0.05) is 12.6 Å². The number of carbonyl (C=O) groups excluding carboxylic acids is 1. The molecule has 1 aliphatic heterocycles. The van der Waals surface area contributed by atoms with Gasteiger partial charge in [-0.3, -0.25) is 4.79 Å². The van der Waals surface area contributed by atoms with Crippen LogP contribution in [-0.4, -0.2) is 42.0 Å². The average molecular weight is 279 g/mol. The van der Waals surface area contributed by atoms with E-state index in [-0.39, 0.29) is 23.3 Å². The van der Waals surface area contributed by atoms with Crippen LogP contribution in [0.5, 0.6) is 0 Å². The molecular formula is C9H17N3O3S2. The highest BCUT2D eigenvalue weighted by atomic mass is 32.2. The molecule has 98 valence electrons. The van der Waals surface area contributed by atoms with Gasteiger partial charge in [0.15, 0.2) is 0 Å². The summed E-state index contributed by atoms with van der Waals surface area (Å²) in [4.78, 5) is 11.0. The summed E-state index contributed by atoms with van der Waals surface area (Å²) in [5.74, 6) is -1.25. The smallest absolute Gasteiger partial charge is 0.221 e. The van der Waals surface area contributed by atoms with Crippen LogP contribution in [0.1, 0.15) is 19.8 Å². The van der Waals surface area contributed by atoms with Crippen molar-refractivity contribution in [3.8, 4) is 0 Å². The molecule has 8 heteroatoms. The lowest BCUT2D eigenvalue weighted by Gasteiger charge is -2.35. The number of hydrogen-bond donors (Lipinski definition) is 2. The second kappa shape index (κ2) is 5.28. The van der Waals surface area contributed by atoms with Crippen molar-refractivity contribution >= 4 is 33.1 Å². The van der Waals surface area contributed by atoms with Crippen LogP contribution in [0.4, 0.5) is 0 Å². The minimum absolute atomic E-state index is 0.0709. The van der Waals surface area contributed by atoms with Gasteiger partial charge in [-0.05, 0) is 19.8 Å². The van der Waals surface area contributed by atoms with Crippen LogP contribution >= 0.6 is 12.2 Å². The lowest BCUT2D eigenvalue weighted by molar-refractivity contribution is -0.123. The van der Waals surface area contributed by atoms with Crippen LogP contribution < -0.4 is 11.5 Å². The molecule has 2 unspecified atom stereocenters. The standard InChI is InChI=1S/C9H17N3O3S2/c1-6-2-3-7(9(11)13)4-12(6)17(14,15)5-8(10)16/h6-7H,2-5H2,1H3,(H2,10,16)(H2,11,13). The quantitative estimate of drug-likeness (QED) is 0.654. The summed E-state index contributed by atoms with van der Waals surface area (Å²) in [6.45, 7) is 1.93. The van der Waals surface area contributed by atoms with Crippen LogP contribution in [0.2, 0.25) is 0 Å². The molecule has 2 atom stereocenters. The molecular weight excluding hydrogens is 262 g/mol. The largest absolute Gasteiger partial charge is 0.392 e. The number of sulfonamides is 1. The fourth-order valence-electron chi connectivity index (χ4n) is 1.96. The highest BCUT2D eigenvalue weighted by molar-refractivity contribution is 7.92. The molecule has 1 saturated heterocycles. The molecule has 1 amide bonds. The Labute approximate surface area is 106 Å². The fourth-order valence-corrected chi connectivity index (χ4v) is 3.99. The zero-order valence-electron chi connectivity index (χ0n) is 9.63. The molecule has 17 heavy (non-hydrogen) atoms. The van der Waals surface area contributed by atoms with Gasteiger partial charge in [0.25, 0.3) is 0 Å². The molecule has 6 nitrogen and oxygen atoms in total. The third kappa shape index (κ3) is 3.62. The molecule has 1 fully saturated rings. The molecule has 0 spiro atoms. The minimum Gasteiger partial charge on any atom is -0.392 e. The summed E-state index contributed by atoms with van der Waals surface area (Å²) in [5, 5.41) is 0. The summed E-state index contributed by atoms with van der Waals surface area (Å²) in [6.07, 6.45) is 1.24. The molecule has 1 heterocycles. The van der Waals surface area contributed by atoms with Crippen molar-refractivity contribution in [3.63, 3.8) is 0 Å². The Morgan fingerprint density at radius 2 is 2.00 bits per heavy atom. The van der Waals surface area contributed by atoms with Crippen molar-refractivity contribution in [2.75, 3.05) is 12.3 Å². The minimum atomic E-state index is -3.54. The maximum absolute atomic E-state index is 12.0. The molecule has 1 rings (SSSR count). The van der Waals surface area contributed by atoms with E-state index in [9.17, 15) is 13.2 Å². The Kier molecular flexibility index (Phi) is 4.45. The van der Waals surface area contributed by atoms with E-state index in [0.717, 1.165) is 0 Å². The van der Waals surface area contributed by atoms with Gasteiger partial charge in [-0.15, -0.1) is 0 Å². The Hall–Kier alpha value is -0.730. The monoisotopic (exact) mass is 279 g/mol. The molecule has 0 saturated carbocycles. The first-order valence-corrected chi connectivity index (χ1v) is 7.33. The topological polar surface area (TPSA) is 106 Å². The number of nitrogens with two attached hydrogens (primary N) is 2. The summed E-state index contributed by atoms with van der Waals surface area (Å²) < 4.78 is 25.2. The zero-order valence-corrected chi connectivity index (χ0v) is 11.3. The molecule has 0 bridgehead atoms. The van der Waals surface area contributed by atoms with Crippen LogP contribution in [0, 0.1) is 5.92 Å². The van der Waals surface area contributed by atoms with Crippen molar-refractivity contribution in [1.29, 1.82) is 0 Å². The second-order valence-electron chi connectivity index (χ2n) is 4.32. The third-order valence-electron chi connectivity index (χ3n) is 2.91. The summed E-state index contributed by atoms with van der Waals surface area (Å²) in [5.41, 5.74) is 10.5. The SMILES string of the molecule is CC1CCC(C(N)=O)CN1S(=O)(=O)CC(N)=S. The molecule has 0 aromatic carbocycles. The normalized spacial score (nSPS) is 26.6. The van der Waals surface area contributed by atoms with E-state index in [2.05, 4.69) is 12.2 Å². The van der Waals surface area contributed by atoms with Gasteiger partial charge in [-0.2, -0.15) is 4.31 Å². The summed E-state index contributed by atoms with van der Waals surface area (Å²) in [6, 6.07) is -0.148. The molecule has 4 N–H and O–H groups in total. The number of carbonyl (C=O) groups is 1. The lowest BCUT2D eigenvalue weighted by Crippen LogP contribution is -2.50. The molecule has 0 aromatic heterocycles. The third-order valence-corrected chi connectivity index (χ3v) is 5.14. The van der Waals surface area contributed by atoms with E-state index in [1.807, 2.05) is 0 Å². The van der Waals surface area contributed by atoms with Crippen LogP contribution in [0.3, 0.4) is 0 Å². The Bertz CT molecular complexity index is 421. The second-order valence-corrected chi connectivity index (χ2v) is 6.76. The summed E-state index contributed by atoms with van der Waals surface area (Å²) >= 11 is 4.61. The fraction of sp³-hybridized carbons (Fsp3) is 0.778. The molecule has 0 aliphatic carbocycles. The van der Waals surface area contributed by atoms with E-state index in [4.69, 9.17) is 11.5 Å². The first-order chi connectivity index (χ1) is 7.74. The van der Waals surface area contributed by atoms with Crippen molar-refractivity contribution in [1.82, 2.24) is 4.31 Å². The Morgan fingerprint density at radius 1 is 1.41 bits per heavy atom. The van der Waals surface area contributed by atoms with Gasteiger partial charge in [-0.25, -0.2) is 8.42 Å². The number of primary amides is 1. The highest BCUT2D eigenvalue weighted by Gasteiger charge is 2.35. The number of thiocarbonyl (C=S) groups is 1. The molecule has 0 aromatic rings. The number of hydrogen-bond acceptors (Lipinski definition) is 4. The number of amides is 1. The highest BCUT2D eigenvalue weighted by Crippen LogP contribution is 2.24. The summed E-state index contributed by atoms with van der Waals surface area (Å²) in [7, 11) is -3.54. The van der Waals surface area contributed by atoms with Crippen LogP contribution in [0.15, 0.2) is 0 Å². The van der Waals surface area contributed by atoms with Gasteiger partial charge < -0.3 is 11.5 Å². The van der Waals surface area contributed by atoms with E-state index < -0.39 is 21.8 Å². The van der Waals surface area contributed by atoms with Crippen molar-refractivity contribution < 1.29 is 13.2 Å². The number of rotatable bonds is 4. The molecule has 1 aliphatic rings. The van der Waals surface area contributed by atoms with E-state index in [0.29, 0.717) is 12.8 Å². The first-order valence-electron chi connectivity index (χ1n) is 5.31. The average Bonchev–Trinajstić information content (AvgIpc) is 2.15.